The van der Waals surface area contributed by atoms with E-state index in [0.717, 1.165) is 17.7 Å². The van der Waals surface area contributed by atoms with Crippen molar-refractivity contribution in [2.45, 2.75) is 13.8 Å². The van der Waals surface area contributed by atoms with E-state index in [2.05, 4.69) is 9.37 Å². The maximum Gasteiger partial charge on any atom is 1.00 e. The first-order valence-corrected chi connectivity index (χ1v) is 13.4. The van der Waals surface area contributed by atoms with Crippen LogP contribution in [0.3, 0.4) is 0 Å². The van der Waals surface area contributed by atoms with Crippen LogP contribution in [0.4, 0.5) is 11.4 Å². The Labute approximate surface area is 269 Å². The molecule has 3 aromatic rings. The molecule has 192 valence electrons. The van der Waals surface area contributed by atoms with Crippen LogP contribution in [0.1, 0.15) is 25.0 Å². The van der Waals surface area contributed by atoms with E-state index in [4.69, 9.17) is 0 Å². The van der Waals surface area contributed by atoms with E-state index in [9.17, 15) is 27.8 Å². The Hall–Kier alpha value is -1.000. The molecule has 0 spiro atoms. The summed E-state index contributed by atoms with van der Waals surface area (Å²) in [5, 5.41) is 13.4. The van der Waals surface area contributed by atoms with Crippen molar-refractivity contribution in [1.82, 2.24) is 0 Å². The van der Waals surface area contributed by atoms with Crippen molar-refractivity contribution in [2.24, 2.45) is 0 Å². The summed E-state index contributed by atoms with van der Waals surface area (Å²) in [6.45, 7) is 4.66. The van der Waals surface area contributed by atoms with Crippen molar-refractivity contribution in [3.8, 4) is 0 Å². The van der Waals surface area contributed by atoms with E-state index in [1.165, 1.54) is 17.1 Å². The summed E-state index contributed by atoms with van der Waals surface area (Å²) in [6, 6.07) is 13.8. The number of benzene rings is 2. The Morgan fingerprint density at radius 3 is 1.61 bits per heavy atom. The van der Waals surface area contributed by atoms with Crippen molar-refractivity contribution in [2.75, 3.05) is 34.6 Å². The summed E-state index contributed by atoms with van der Waals surface area (Å²) >= 11 is 0.860. The Bertz CT molecular complexity index is 1440. The summed E-state index contributed by atoms with van der Waals surface area (Å²) < 4.78 is 37.5. The monoisotopic (exact) mass is 578 g/mol. The van der Waals surface area contributed by atoms with Crippen LogP contribution in [0.15, 0.2) is 58.1 Å². The molecule has 0 N–H and O–H groups in total. The topological polar surface area (TPSA) is 139 Å². The van der Waals surface area contributed by atoms with Crippen molar-refractivity contribution in [3.63, 3.8) is 0 Å². The smallest absolute Gasteiger partial charge is 0.747 e. The molecule has 0 aliphatic carbocycles. The van der Waals surface area contributed by atoms with Gasteiger partial charge in [-0.3, -0.25) is 14.6 Å². The first kappa shape index (κ1) is 35.0. The molecular formula is C24H24N2Na2O8S2. The van der Waals surface area contributed by atoms with Gasteiger partial charge in [0, 0.05) is 24.5 Å². The van der Waals surface area contributed by atoms with Gasteiger partial charge < -0.3 is 19.6 Å². The van der Waals surface area contributed by atoms with Gasteiger partial charge >= 0.3 is 59.1 Å². The molecule has 0 fully saturated rings. The van der Waals surface area contributed by atoms with E-state index < -0.39 is 16.0 Å². The molecule has 0 aliphatic heterocycles. The average Bonchev–Trinajstić information content (AvgIpc) is 2.87. The minimum absolute atomic E-state index is 0. The summed E-state index contributed by atoms with van der Waals surface area (Å²) in [5.74, 6) is -0.268. The van der Waals surface area contributed by atoms with E-state index in [0.29, 0.717) is 35.8 Å². The predicted octanol–water partition coefficient (Wildman–Crippen LogP) is -6.07. The molecule has 0 bridgehead atoms. The van der Waals surface area contributed by atoms with Gasteiger partial charge in [0.15, 0.2) is 0 Å². The Morgan fingerprint density at radius 1 is 0.816 bits per heavy atom. The van der Waals surface area contributed by atoms with Gasteiger partial charge in [-0.2, -0.15) is 4.33 Å². The van der Waals surface area contributed by atoms with E-state index in [-0.39, 0.29) is 80.4 Å². The molecule has 0 unspecified atom stereocenters. The fraction of sp³-hybridized carbons (Fsp3) is 0.250. The quantitative estimate of drug-likeness (QED) is 0.0386. The van der Waals surface area contributed by atoms with E-state index >= 15 is 0 Å². The van der Waals surface area contributed by atoms with Gasteiger partial charge in [-0.05, 0) is 61.4 Å². The molecule has 10 nitrogen and oxygen atoms in total. The third-order valence-electron chi connectivity index (χ3n) is 5.48. The first-order chi connectivity index (χ1) is 17.2. The van der Waals surface area contributed by atoms with Gasteiger partial charge in [0.25, 0.3) is 0 Å². The molecule has 0 radical (unpaired) electrons. The summed E-state index contributed by atoms with van der Waals surface area (Å²) in [4.78, 5) is 28.5. The standard InChI is InChI=1S/C24H26N2O8S2.2Na/c1-3-25(15-35-34-33-29)19-9-5-17(6-10-19)13-21-23(27)22(24(21)28)14-18-7-11-20(12-8-18)26(4-2)16-36(30,31)32;;/h5-14,29H,3-4,15-16H2,1-2H3,(H,30,31,32);;/q;2*+1/p-2. The van der Waals surface area contributed by atoms with E-state index in [1.54, 1.807) is 43.3 Å². The van der Waals surface area contributed by atoms with Crippen LogP contribution in [0.2, 0.25) is 0 Å². The van der Waals surface area contributed by atoms with Crippen molar-refractivity contribution >= 4 is 45.7 Å². The van der Waals surface area contributed by atoms with Crippen LogP contribution in [0, 0.1) is 0 Å². The molecular weight excluding hydrogens is 554 g/mol. The fourth-order valence-corrected chi connectivity index (χ4v) is 4.84. The van der Waals surface area contributed by atoms with Crippen LogP contribution in [0.5, 0.6) is 0 Å². The molecule has 0 aromatic heterocycles. The van der Waals surface area contributed by atoms with Gasteiger partial charge in [-0.15, -0.1) is 0 Å². The maximum atomic E-state index is 12.6. The van der Waals surface area contributed by atoms with Crippen LogP contribution in [0.25, 0.3) is 12.2 Å². The summed E-state index contributed by atoms with van der Waals surface area (Å²) in [7, 11) is -4.42. The SMILES string of the molecule is CCN(CSOO[O-])c1ccc(C=c2c(=O)c(=Cc3ccc(N(CC)CS(=O)(=O)[O-])cc3)c2=O)cc1.[Na+].[Na+]. The zero-order valence-corrected chi connectivity index (χ0v) is 27.2. The molecule has 14 heteroatoms. The van der Waals surface area contributed by atoms with Gasteiger partial charge in [-0.25, -0.2) is 8.42 Å². The fourth-order valence-electron chi connectivity index (χ4n) is 3.58. The average molecular weight is 579 g/mol. The second-order valence-electron chi connectivity index (χ2n) is 7.74. The Morgan fingerprint density at radius 2 is 1.24 bits per heavy atom. The third kappa shape index (κ3) is 9.58. The predicted molar refractivity (Wildman–Crippen MR) is 136 cm³/mol. The number of nitrogens with zero attached hydrogens (tertiary/aromatic N) is 2. The van der Waals surface area contributed by atoms with Gasteiger partial charge in [0.05, 0.1) is 28.4 Å². The Kier molecular flexibility index (Phi) is 15.0. The second-order valence-corrected chi connectivity index (χ2v) is 9.74. The first-order valence-electron chi connectivity index (χ1n) is 10.9. The van der Waals surface area contributed by atoms with Crippen LogP contribution in [-0.2, 0) is 19.5 Å². The minimum Gasteiger partial charge on any atom is -0.747 e. The molecule has 0 saturated heterocycles. The number of hydrogen-bond acceptors (Lipinski definition) is 11. The van der Waals surface area contributed by atoms with E-state index in [1.807, 2.05) is 24.0 Å². The van der Waals surface area contributed by atoms with Gasteiger partial charge in [-0.1, -0.05) is 24.3 Å². The normalized spacial score (nSPS) is 10.8. The summed E-state index contributed by atoms with van der Waals surface area (Å²) in [6.07, 6.45) is 3.02. The van der Waals surface area contributed by atoms with Crippen LogP contribution < -0.4 is 95.5 Å². The zero-order chi connectivity index (χ0) is 26.3. The van der Waals surface area contributed by atoms with Gasteiger partial charge in [0.2, 0.25) is 10.9 Å². The van der Waals surface area contributed by atoms with Crippen molar-refractivity contribution in [3.05, 3.63) is 90.5 Å². The van der Waals surface area contributed by atoms with Gasteiger partial charge in [0.1, 0.15) is 16.0 Å². The van der Waals surface area contributed by atoms with Crippen LogP contribution in [-0.4, -0.2) is 37.8 Å². The molecule has 0 saturated carbocycles. The molecule has 0 aliphatic rings. The molecule has 0 heterocycles. The second kappa shape index (κ2) is 16.3. The van der Waals surface area contributed by atoms with Crippen LogP contribution >= 0.6 is 12.0 Å². The number of hydrogen-bond donors (Lipinski definition) is 0. The largest absolute Gasteiger partial charge is 1.00 e. The third-order valence-corrected chi connectivity index (χ3v) is 6.68. The molecule has 38 heavy (non-hydrogen) atoms. The molecule has 0 atom stereocenters. The Balaban J connectivity index is 0.00000361. The number of anilines is 2. The molecule has 0 amide bonds. The zero-order valence-electron chi connectivity index (χ0n) is 21.6. The van der Waals surface area contributed by atoms with Crippen molar-refractivity contribution < 1.29 is 86.7 Å². The molecule has 3 aromatic carbocycles. The molecule has 3 rings (SSSR count). The maximum absolute atomic E-state index is 12.6. The number of rotatable bonds is 12. The van der Waals surface area contributed by atoms with Crippen molar-refractivity contribution in [1.29, 1.82) is 0 Å². The summed E-state index contributed by atoms with van der Waals surface area (Å²) in [5.41, 5.74) is 1.98. The minimum atomic E-state index is -4.42.